The number of halogens is 2. The minimum Gasteiger partial charge on any atom is -0.480 e. The summed E-state index contributed by atoms with van der Waals surface area (Å²) in [6, 6.07) is 1.27. The van der Waals surface area contributed by atoms with E-state index in [-0.39, 0.29) is 10.7 Å². The summed E-state index contributed by atoms with van der Waals surface area (Å²) in [6.45, 7) is -0.752. The molecule has 6 nitrogen and oxygen atoms in total. The van der Waals surface area contributed by atoms with Crippen molar-refractivity contribution < 1.29 is 24.2 Å². The maximum absolute atomic E-state index is 13.0. The summed E-state index contributed by atoms with van der Waals surface area (Å²) >= 11 is 5.45. The van der Waals surface area contributed by atoms with Gasteiger partial charge in [-0.2, -0.15) is 0 Å². The number of carbonyl (C=O) groups excluding carboxylic acids is 1. The topological polar surface area (TPSA) is 98.7 Å². The second kappa shape index (κ2) is 6.18. The molecule has 0 saturated carbocycles. The Morgan fingerprint density at radius 2 is 2.11 bits per heavy atom. The SMILES string of the molecule is O=C(Nc1ccc(Cl)c(F)c1)NC(CO)C(=O)O. The van der Waals surface area contributed by atoms with Crippen LogP contribution >= 0.6 is 11.6 Å². The maximum Gasteiger partial charge on any atom is 0.328 e. The Kier molecular flexibility index (Phi) is 4.87. The van der Waals surface area contributed by atoms with Gasteiger partial charge in [0.1, 0.15) is 5.82 Å². The Hall–Kier alpha value is -1.86. The van der Waals surface area contributed by atoms with Gasteiger partial charge in [-0.15, -0.1) is 0 Å². The fourth-order valence-electron chi connectivity index (χ4n) is 1.08. The van der Waals surface area contributed by atoms with Crippen molar-refractivity contribution in [2.75, 3.05) is 11.9 Å². The van der Waals surface area contributed by atoms with Gasteiger partial charge in [0, 0.05) is 5.69 Å². The van der Waals surface area contributed by atoms with E-state index in [1.165, 1.54) is 12.1 Å². The second-order valence-electron chi connectivity index (χ2n) is 3.30. The zero-order valence-corrected chi connectivity index (χ0v) is 9.74. The predicted molar refractivity (Wildman–Crippen MR) is 62.1 cm³/mol. The van der Waals surface area contributed by atoms with E-state index in [0.717, 1.165) is 6.07 Å². The lowest BCUT2D eigenvalue weighted by atomic mass is 10.3. The van der Waals surface area contributed by atoms with E-state index in [4.69, 9.17) is 21.8 Å². The van der Waals surface area contributed by atoms with Gasteiger partial charge in [0.05, 0.1) is 11.6 Å². The first kappa shape index (κ1) is 14.2. The van der Waals surface area contributed by atoms with E-state index >= 15 is 0 Å². The molecule has 0 heterocycles. The van der Waals surface area contributed by atoms with E-state index in [0.29, 0.717) is 0 Å². The summed E-state index contributed by atoms with van der Waals surface area (Å²) in [5.41, 5.74) is 0.108. The first-order valence-corrected chi connectivity index (χ1v) is 5.18. The largest absolute Gasteiger partial charge is 0.480 e. The number of aliphatic hydroxyl groups is 1. The molecule has 0 saturated heterocycles. The summed E-state index contributed by atoms with van der Waals surface area (Å²) in [5.74, 6) is -2.10. The zero-order valence-electron chi connectivity index (χ0n) is 8.98. The predicted octanol–water partition coefficient (Wildman–Crippen LogP) is 1.05. The lowest BCUT2D eigenvalue weighted by Crippen LogP contribution is -2.45. The number of rotatable bonds is 4. The molecule has 0 aliphatic heterocycles. The minimum atomic E-state index is -1.43. The van der Waals surface area contributed by atoms with Crippen LogP contribution in [0.3, 0.4) is 0 Å². The molecule has 2 amide bonds. The normalized spacial score (nSPS) is 11.7. The number of aliphatic carboxylic acids is 1. The Labute approximate surface area is 106 Å². The number of benzene rings is 1. The van der Waals surface area contributed by atoms with E-state index in [1.54, 1.807) is 0 Å². The fourth-order valence-corrected chi connectivity index (χ4v) is 1.20. The minimum absolute atomic E-state index is 0.0975. The first-order chi connectivity index (χ1) is 8.43. The third-order valence-corrected chi connectivity index (χ3v) is 2.27. The van der Waals surface area contributed by atoms with E-state index in [2.05, 4.69) is 5.32 Å². The van der Waals surface area contributed by atoms with Crippen molar-refractivity contribution in [3.8, 4) is 0 Å². The van der Waals surface area contributed by atoms with Crippen LogP contribution in [0.5, 0.6) is 0 Å². The number of hydrogen-bond acceptors (Lipinski definition) is 3. The second-order valence-corrected chi connectivity index (χ2v) is 3.71. The molecule has 4 N–H and O–H groups in total. The standard InChI is InChI=1S/C10H10ClFN2O4/c11-6-2-1-5(3-7(6)12)13-10(18)14-8(4-15)9(16)17/h1-3,8,15H,4H2,(H,16,17)(H2,13,14,18). The van der Waals surface area contributed by atoms with Gasteiger partial charge < -0.3 is 20.8 Å². The van der Waals surface area contributed by atoms with Crippen molar-refractivity contribution in [1.82, 2.24) is 5.32 Å². The van der Waals surface area contributed by atoms with Crippen LogP contribution < -0.4 is 10.6 Å². The molecular weight excluding hydrogens is 267 g/mol. The molecule has 1 atom stereocenters. The third kappa shape index (κ3) is 3.86. The van der Waals surface area contributed by atoms with Gasteiger partial charge in [0.2, 0.25) is 0 Å². The molecular formula is C10H10ClFN2O4. The molecule has 8 heteroatoms. The van der Waals surface area contributed by atoms with Gasteiger partial charge in [-0.3, -0.25) is 0 Å². The summed E-state index contributed by atoms with van der Waals surface area (Å²) in [4.78, 5) is 21.9. The molecule has 1 rings (SSSR count). The van der Waals surface area contributed by atoms with E-state index in [9.17, 15) is 14.0 Å². The Bertz CT molecular complexity index is 469. The molecule has 0 aromatic heterocycles. The molecule has 1 aromatic carbocycles. The molecule has 18 heavy (non-hydrogen) atoms. The van der Waals surface area contributed by atoms with Gasteiger partial charge >= 0.3 is 12.0 Å². The number of carboxylic acid groups (broad SMARTS) is 1. The molecule has 0 aliphatic rings. The zero-order chi connectivity index (χ0) is 13.7. The van der Waals surface area contributed by atoms with E-state index < -0.39 is 30.5 Å². The van der Waals surface area contributed by atoms with Crippen LogP contribution in [0.25, 0.3) is 0 Å². The number of hydrogen-bond donors (Lipinski definition) is 4. The fraction of sp³-hybridized carbons (Fsp3) is 0.200. The maximum atomic E-state index is 13.0. The lowest BCUT2D eigenvalue weighted by molar-refractivity contribution is -0.140. The highest BCUT2D eigenvalue weighted by Gasteiger charge is 2.18. The molecule has 0 aliphatic carbocycles. The number of aliphatic hydroxyl groups excluding tert-OH is 1. The molecule has 0 bridgehead atoms. The molecule has 1 aromatic rings. The van der Waals surface area contributed by atoms with Crippen molar-refractivity contribution in [3.05, 3.63) is 29.0 Å². The number of carboxylic acids is 1. The summed E-state index contributed by atoms with van der Waals surface area (Å²) < 4.78 is 13.0. The van der Waals surface area contributed by atoms with Crippen LogP contribution in [0.1, 0.15) is 0 Å². The van der Waals surface area contributed by atoms with Crippen LogP contribution in [0.2, 0.25) is 5.02 Å². The average Bonchev–Trinajstić information content (AvgIpc) is 2.30. The van der Waals surface area contributed by atoms with Crippen LogP contribution in [0.15, 0.2) is 18.2 Å². The molecule has 0 radical (unpaired) electrons. The third-order valence-electron chi connectivity index (χ3n) is 1.96. The first-order valence-electron chi connectivity index (χ1n) is 4.80. The number of nitrogens with one attached hydrogen (secondary N) is 2. The number of urea groups is 1. The van der Waals surface area contributed by atoms with Crippen LogP contribution in [0, 0.1) is 5.82 Å². The van der Waals surface area contributed by atoms with Gasteiger partial charge in [-0.05, 0) is 18.2 Å². The molecule has 0 spiro atoms. The smallest absolute Gasteiger partial charge is 0.328 e. The van der Waals surface area contributed by atoms with Gasteiger partial charge in [0.25, 0.3) is 0 Å². The number of anilines is 1. The van der Waals surface area contributed by atoms with E-state index in [1.807, 2.05) is 5.32 Å². The molecule has 98 valence electrons. The summed E-state index contributed by atoms with van der Waals surface area (Å²) in [6.07, 6.45) is 0. The average molecular weight is 277 g/mol. The highest BCUT2D eigenvalue weighted by Crippen LogP contribution is 2.18. The number of amides is 2. The van der Waals surface area contributed by atoms with Gasteiger partial charge in [-0.1, -0.05) is 11.6 Å². The highest BCUT2D eigenvalue weighted by molar-refractivity contribution is 6.30. The highest BCUT2D eigenvalue weighted by atomic mass is 35.5. The van der Waals surface area contributed by atoms with Crippen molar-refractivity contribution in [2.45, 2.75) is 6.04 Å². The molecule has 1 unspecified atom stereocenters. The van der Waals surface area contributed by atoms with Gasteiger partial charge in [-0.25, -0.2) is 14.0 Å². The summed E-state index contributed by atoms with van der Waals surface area (Å²) in [7, 11) is 0. The Morgan fingerprint density at radius 1 is 1.44 bits per heavy atom. The lowest BCUT2D eigenvalue weighted by Gasteiger charge is -2.12. The van der Waals surface area contributed by atoms with Crippen LogP contribution in [-0.2, 0) is 4.79 Å². The number of carbonyl (C=O) groups is 2. The Balaban J connectivity index is 2.64. The molecule has 0 fully saturated rings. The van der Waals surface area contributed by atoms with Crippen LogP contribution in [0.4, 0.5) is 14.9 Å². The van der Waals surface area contributed by atoms with Crippen molar-refractivity contribution in [3.63, 3.8) is 0 Å². The monoisotopic (exact) mass is 276 g/mol. The quantitative estimate of drug-likeness (QED) is 0.660. The Morgan fingerprint density at radius 3 is 2.61 bits per heavy atom. The van der Waals surface area contributed by atoms with Crippen LogP contribution in [-0.4, -0.2) is 34.9 Å². The summed E-state index contributed by atoms with van der Waals surface area (Å²) in [5, 5.41) is 21.4. The van der Waals surface area contributed by atoms with Crippen molar-refractivity contribution in [2.24, 2.45) is 0 Å². The van der Waals surface area contributed by atoms with Gasteiger partial charge in [0.15, 0.2) is 6.04 Å². The van der Waals surface area contributed by atoms with Crippen molar-refractivity contribution >= 4 is 29.3 Å². The van der Waals surface area contributed by atoms with Crippen molar-refractivity contribution in [1.29, 1.82) is 0 Å².